The van der Waals surface area contributed by atoms with Gasteiger partial charge in [0.05, 0.1) is 11.2 Å². The molecular formula is C18H23N5O3. The van der Waals surface area contributed by atoms with Crippen LogP contribution >= 0.6 is 0 Å². The average molecular weight is 357 g/mol. The SMILES string of the molecule is CCn1c(-c2noc(CNC(=O)OC(C)(C)C)n2)cc2c(N)cccc21. The second-order valence-corrected chi connectivity index (χ2v) is 6.92. The summed E-state index contributed by atoms with van der Waals surface area (Å²) in [6.07, 6.45) is -0.535. The normalized spacial score (nSPS) is 11.7. The lowest BCUT2D eigenvalue weighted by atomic mass is 10.2. The van der Waals surface area contributed by atoms with Gasteiger partial charge in [0.15, 0.2) is 0 Å². The molecule has 138 valence electrons. The van der Waals surface area contributed by atoms with Crippen LogP contribution in [0.15, 0.2) is 28.8 Å². The van der Waals surface area contributed by atoms with E-state index in [9.17, 15) is 4.79 Å². The number of rotatable bonds is 4. The number of carbonyl (C=O) groups is 1. The fourth-order valence-electron chi connectivity index (χ4n) is 2.73. The molecule has 0 aliphatic heterocycles. The fraction of sp³-hybridized carbons (Fsp3) is 0.389. The third kappa shape index (κ3) is 3.63. The zero-order valence-electron chi connectivity index (χ0n) is 15.4. The molecule has 0 atom stereocenters. The van der Waals surface area contributed by atoms with Crippen molar-refractivity contribution >= 4 is 22.7 Å². The van der Waals surface area contributed by atoms with Crippen molar-refractivity contribution in [1.29, 1.82) is 0 Å². The standard InChI is InChI=1S/C18H23N5O3/c1-5-23-13-8-6-7-12(19)11(13)9-14(23)16-21-15(26-22-16)10-20-17(24)25-18(2,3)4/h6-9H,5,10,19H2,1-4H3,(H,20,24). The van der Waals surface area contributed by atoms with E-state index in [0.717, 1.165) is 23.1 Å². The maximum atomic E-state index is 11.7. The van der Waals surface area contributed by atoms with Crippen LogP contribution in [0.3, 0.4) is 0 Å². The molecule has 2 heterocycles. The molecule has 0 saturated carbocycles. The Kier molecular flexibility index (Phi) is 4.58. The van der Waals surface area contributed by atoms with Crippen molar-refractivity contribution in [2.75, 3.05) is 5.73 Å². The summed E-state index contributed by atoms with van der Waals surface area (Å²) in [7, 11) is 0. The summed E-state index contributed by atoms with van der Waals surface area (Å²) < 4.78 is 12.5. The zero-order chi connectivity index (χ0) is 18.9. The highest BCUT2D eigenvalue weighted by molar-refractivity contribution is 5.95. The van der Waals surface area contributed by atoms with Crippen molar-refractivity contribution in [3.8, 4) is 11.5 Å². The molecule has 26 heavy (non-hydrogen) atoms. The molecule has 8 heteroatoms. The Morgan fingerprint density at radius 2 is 2.15 bits per heavy atom. The number of amides is 1. The number of hydrogen-bond donors (Lipinski definition) is 2. The number of aromatic nitrogens is 3. The number of ether oxygens (including phenoxy) is 1. The first-order valence-corrected chi connectivity index (χ1v) is 8.46. The minimum atomic E-state index is -0.563. The molecule has 3 rings (SSSR count). The molecule has 0 aliphatic rings. The molecule has 0 saturated heterocycles. The van der Waals surface area contributed by atoms with Gasteiger partial charge < -0.3 is 24.9 Å². The zero-order valence-corrected chi connectivity index (χ0v) is 15.4. The monoisotopic (exact) mass is 357 g/mol. The van der Waals surface area contributed by atoms with Crippen molar-refractivity contribution < 1.29 is 14.1 Å². The van der Waals surface area contributed by atoms with Crippen LogP contribution in [0.25, 0.3) is 22.4 Å². The van der Waals surface area contributed by atoms with E-state index in [1.807, 2.05) is 31.2 Å². The molecule has 8 nitrogen and oxygen atoms in total. The van der Waals surface area contributed by atoms with Gasteiger partial charge in [-0.25, -0.2) is 4.79 Å². The first-order chi connectivity index (χ1) is 12.3. The molecule has 2 aromatic heterocycles. The van der Waals surface area contributed by atoms with Crippen LogP contribution in [-0.4, -0.2) is 26.4 Å². The maximum absolute atomic E-state index is 11.7. The van der Waals surface area contributed by atoms with Crippen LogP contribution < -0.4 is 11.1 Å². The Morgan fingerprint density at radius 3 is 2.85 bits per heavy atom. The van der Waals surface area contributed by atoms with Crippen molar-refractivity contribution in [2.24, 2.45) is 0 Å². The Bertz CT molecular complexity index is 936. The molecule has 3 N–H and O–H groups in total. The molecule has 0 bridgehead atoms. The molecule has 0 aliphatic carbocycles. The summed E-state index contributed by atoms with van der Waals surface area (Å²) in [6.45, 7) is 8.27. The number of fused-ring (bicyclic) bond motifs is 1. The Hall–Kier alpha value is -3.03. The van der Waals surface area contributed by atoms with Gasteiger partial charge in [-0.3, -0.25) is 0 Å². The minimum Gasteiger partial charge on any atom is -0.444 e. The summed E-state index contributed by atoms with van der Waals surface area (Å²) in [4.78, 5) is 16.1. The smallest absolute Gasteiger partial charge is 0.408 e. The number of nitrogens with one attached hydrogen (secondary N) is 1. The van der Waals surface area contributed by atoms with Gasteiger partial charge in [-0.1, -0.05) is 11.2 Å². The number of nitrogens with two attached hydrogens (primary N) is 1. The first kappa shape index (κ1) is 17.8. The molecule has 0 fully saturated rings. The molecule has 1 amide bonds. The number of carbonyl (C=O) groups excluding carboxylic acids is 1. The number of aryl methyl sites for hydroxylation is 1. The van der Waals surface area contributed by atoms with Crippen molar-refractivity contribution in [1.82, 2.24) is 20.0 Å². The van der Waals surface area contributed by atoms with E-state index in [0.29, 0.717) is 17.4 Å². The lowest BCUT2D eigenvalue weighted by Gasteiger charge is -2.19. The molecular weight excluding hydrogens is 334 g/mol. The summed E-state index contributed by atoms with van der Waals surface area (Å²) in [5.41, 5.74) is 8.03. The molecule has 0 spiro atoms. The van der Waals surface area contributed by atoms with Crippen LogP contribution in [0.1, 0.15) is 33.6 Å². The van der Waals surface area contributed by atoms with Crippen molar-refractivity contribution in [3.63, 3.8) is 0 Å². The highest BCUT2D eigenvalue weighted by Gasteiger charge is 2.19. The van der Waals surface area contributed by atoms with Crippen molar-refractivity contribution in [3.05, 3.63) is 30.2 Å². The third-order valence-corrected chi connectivity index (χ3v) is 3.78. The fourth-order valence-corrected chi connectivity index (χ4v) is 2.73. The molecule has 1 aromatic carbocycles. The molecule has 3 aromatic rings. The van der Waals surface area contributed by atoms with E-state index < -0.39 is 11.7 Å². The largest absolute Gasteiger partial charge is 0.444 e. The van der Waals surface area contributed by atoms with Crippen LogP contribution in [0, 0.1) is 0 Å². The van der Waals surface area contributed by atoms with Crippen LogP contribution in [0.5, 0.6) is 0 Å². The number of benzene rings is 1. The van der Waals surface area contributed by atoms with Crippen molar-refractivity contribution in [2.45, 2.75) is 46.4 Å². The summed E-state index contributed by atoms with van der Waals surface area (Å²) in [5, 5.41) is 7.58. The van der Waals surface area contributed by atoms with Crippen LogP contribution in [-0.2, 0) is 17.8 Å². The Morgan fingerprint density at radius 1 is 1.38 bits per heavy atom. The second kappa shape index (κ2) is 6.70. The van der Waals surface area contributed by atoms with E-state index in [4.69, 9.17) is 15.0 Å². The van der Waals surface area contributed by atoms with Gasteiger partial charge in [0.1, 0.15) is 12.1 Å². The third-order valence-electron chi connectivity index (χ3n) is 3.78. The first-order valence-electron chi connectivity index (χ1n) is 8.46. The van der Waals surface area contributed by atoms with Crippen LogP contribution in [0.2, 0.25) is 0 Å². The van der Waals surface area contributed by atoms with Gasteiger partial charge in [-0.15, -0.1) is 0 Å². The van der Waals surface area contributed by atoms with Gasteiger partial charge in [0, 0.05) is 17.6 Å². The maximum Gasteiger partial charge on any atom is 0.408 e. The molecule has 0 radical (unpaired) electrons. The topological polar surface area (TPSA) is 108 Å². The highest BCUT2D eigenvalue weighted by Crippen LogP contribution is 2.30. The Balaban J connectivity index is 1.81. The lowest BCUT2D eigenvalue weighted by molar-refractivity contribution is 0.0518. The highest BCUT2D eigenvalue weighted by atomic mass is 16.6. The van der Waals surface area contributed by atoms with E-state index >= 15 is 0 Å². The van der Waals surface area contributed by atoms with Gasteiger partial charge in [-0.2, -0.15) is 4.98 Å². The van der Waals surface area contributed by atoms with Gasteiger partial charge in [-0.05, 0) is 45.9 Å². The average Bonchev–Trinajstić information content (AvgIpc) is 3.16. The number of anilines is 1. The number of nitrogens with zero attached hydrogens (tertiary/aromatic N) is 3. The lowest BCUT2D eigenvalue weighted by Crippen LogP contribution is -2.32. The Labute approximate surface area is 151 Å². The molecule has 0 unspecified atom stereocenters. The second-order valence-electron chi connectivity index (χ2n) is 6.92. The number of nitrogen functional groups attached to an aromatic ring is 1. The van der Waals surface area contributed by atoms with Gasteiger partial charge in [0.25, 0.3) is 0 Å². The predicted molar refractivity (Wildman–Crippen MR) is 98.4 cm³/mol. The van der Waals surface area contributed by atoms with Crippen LogP contribution in [0.4, 0.5) is 10.5 Å². The summed E-state index contributed by atoms with van der Waals surface area (Å²) >= 11 is 0. The number of alkyl carbamates (subject to hydrolysis) is 1. The summed E-state index contributed by atoms with van der Waals surface area (Å²) in [5.74, 6) is 0.746. The van der Waals surface area contributed by atoms with Gasteiger partial charge in [0.2, 0.25) is 11.7 Å². The van der Waals surface area contributed by atoms with E-state index in [2.05, 4.69) is 20.0 Å². The van der Waals surface area contributed by atoms with E-state index in [1.165, 1.54) is 0 Å². The van der Waals surface area contributed by atoms with E-state index in [1.54, 1.807) is 20.8 Å². The quantitative estimate of drug-likeness (QED) is 0.694. The minimum absolute atomic E-state index is 0.0937. The van der Waals surface area contributed by atoms with Gasteiger partial charge >= 0.3 is 6.09 Å². The summed E-state index contributed by atoms with van der Waals surface area (Å²) in [6, 6.07) is 7.73. The predicted octanol–water partition coefficient (Wildman–Crippen LogP) is 3.32. The van der Waals surface area contributed by atoms with E-state index in [-0.39, 0.29) is 6.54 Å². The number of hydrogen-bond acceptors (Lipinski definition) is 6.